The molecule has 0 spiro atoms. The van der Waals surface area contributed by atoms with E-state index in [0.29, 0.717) is 3.97 Å². The zero-order chi connectivity index (χ0) is 9.35. The summed E-state index contributed by atoms with van der Waals surface area (Å²) < 4.78 is 30.5. The summed E-state index contributed by atoms with van der Waals surface area (Å²) in [5.41, 5.74) is 0.137. The van der Waals surface area contributed by atoms with Gasteiger partial charge in [-0.25, -0.2) is 3.97 Å². The summed E-state index contributed by atoms with van der Waals surface area (Å²) in [7, 11) is -4.28. The molecule has 0 aliphatic rings. The van der Waals surface area contributed by atoms with Crippen molar-refractivity contribution in [1.29, 1.82) is 0 Å². The number of aliphatic hydroxyl groups excluding tert-OH is 1. The van der Waals surface area contributed by atoms with Crippen LogP contribution in [0.5, 0.6) is 0 Å². The van der Waals surface area contributed by atoms with Crippen LogP contribution in [0, 0.1) is 0 Å². The summed E-state index contributed by atoms with van der Waals surface area (Å²) in [6, 6.07) is 2.84. The maximum absolute atomic E-state index is 10.6. The predicted molar refractivity (Wildman–Crippen MR) is 42.0 cm³/mol. The maximum atomic E-state index is 10.6. The Morgan fingerprint density at radius 1 is 1.58 bits per heavy atom. The Morgan fingerprint density at radius 2 is 2.17 bits per heavy atom. The van der Waals surface area contributed by atoms with Gasteiger partial charge in [0.05, 0.1) is 11.8 Å². The molecule has 0 aromatic carbocycles. The molecule has 0 aliphatic heterocycles. The number of hydrogen-bond donors (Lipinski definition) is 2. The Morgan fingerprint density at radius 3 is 2.50 bits per heavy atom. The summed E-state index contributed by atoms with van der Waals surface area (Å²) in [6.45, 7) is 1.41. The molecule has 1 unspecified atom stereocenters. The number of rotatable bonds is 2. The van der Waals surface area contributed by atoms with Gasteiger partial charge in [0, 0.05) is 6.20 Å². The molecule has 2 N–H and O–H groups in total. The molecule has 1 heterocycles. The van der Waals surface area contributed by atoms with Crippen LogP contribution in [0.1, 0.15) is 18.7 Å². The third-order valence-electron chi connectivity index (χ3n) is 1.42. The molecule has 68 valence electrons. The summed E-state index contributed by atoms with van der Waals surface area (Å²) in [4.78, 5) is 0. The van der Waals surface area contributed by atoms with Gasteiger partial charge < -0.3 is 5.11 Å². The van der Waals surface area contributed by atoms with Crippen LogP contribution in [0.3, 0.4) is 0 Å². The molecule has 1 aromatic heterocycles. The topological polar surface area (TPSA) is 79.5 Å². The van der Waals surface area contributed by atoms with Gasteiger partial charge in [0.1, 0.15) is 0 Å². The second kappa shape index (κ2) is 2.89. The standard InChI is InChI=1S/C6H9NO4S/c1-5(8)6-3-2-4-7(6)12(9,10)11/h2-5,8H,1H3,(H,9,10,11). The number of aromatic nitrogens is 1. The molecule has 6 heteroatoms. The second-order valence-electron chi connectivity index (χ2n) is 2.38. The van der Waals surface area contributed by atoms with E-state index in [-0.39, 0.29) is 5.69 Å². The first-order valence-electron chi connectivity index (χ1n) is 3.26. The normalized spacial score (nSPS) is 14.6. The zero-order valence-electron chi connectivity index (χ0n) is 6.38. The van der Waals surface area contributed by atoms with Crippen molar-refractivity contribution < 1.29 is 18.1 Å². The minimum atomic E-state index is -4.28. The Labute approximate surface area is 70.1 Å². The van der Waals surface area contributed by atoms with E-state index in [2.05, 4.69) is 0 Å². The Bertz CT molecular complexity index is 365. The predicted octanol–water partition coefficient (Wildman–Crippen LogP) is 0.192. The highest BCUT2D eigenvalue weighted by atomic mass is 32.2. The molecule has 0 saturated carbocycles. The van der Waals surface area contributed by atoms with Gasteiger partial charge in [0.15, 0.2) is 0 Å². The van der Waals surface area contributed by atoms with Gasteiger partial charge in [0.25, 0.3) is 0 Å². The first-order chi connectivity index (χ1) is 5.43. The molecule has 0 amide bonds. The van der Waals surface area contributed by atoms with Gasteiger partial charge in [0.2, 0.25) is 0 Å². The van der Waals surface area contributed by atoms with Crippen LogP contribution >= 0.6 is 0 Å². The number of aliphatic hydroxyl groups is 1. The van der Waals surface area contributed by atoms with E-state index >= 15 is 0 Å². The molecular weight excluding hydrogens is 182 g/mol. The van der Waals surface area contributed by atoms with Crippen molar-refractivity contribution in [2.24, 2.45) is 0 Å². The van der Waals surface area contributed by atoms with E-state index in [0.717, 1.165) is 6.20 Å². The monoisotopic (exact) mass is 191 g/mol. The van der Waals surface area contributed by atoms with Crippen molar-refractivity contribution in [3.8, 4) is 0 Å². The van der Waals surface area contributed by atoms with E-state index in [9.17, 15) is 8.42 Å². The van der Waals surface area contributed by atoms with Crippen molar-refractivity contribution in [2.75, 3.05) is 0 Å². The van der Waals surface area contributed by atoms with Crippen LogP contribution < -0.4 is 0 Å². The lowest BCUT2D eigenvalue weighted by Gasteiger charge is -2.06. The fraction of sp³-hybridized carbons (Fsp3) is 0.333. The third-order valence-corrected chi connectivity index (χ3v) is 2.25. The summed E-state index contributed by atoms with van der Waals surface area (Å²) in [5, 5.41) is 9.06. The van der Waals surface area contributed by atoms with Gasteiger partial charge in [-0.15, -0.1) is 0 Å². The van der Waals surface area contributed by atoms with Crippen LogP contribution in [0.15, 0.2) is 18.3 Å². The highest BCUT2D eigenvalue weighted by Crippen LogP contribution is 2.13. The summed E-state index contributed by atoms with van der Waals surface area (Å²) in [5.74, 6) is 0. The molecule has 1 rings (SSSR count). The van der Waals surface area contributed by atoms with Gasteiger partial charge in [-0.3, -0.25) is 4.55 Å². The Balaban J connectivity index is 3.26. The molecule has 12 heavy (non-hydrogen) atoms. The first kappa shape index (κ1) is 9.24. The van der Waals surface area contributed by atoms with Crippen molar-refractivity contribution in [1.82, 2.24) is 3.97 Å². The van der Waals surface area contributed by atoms with Crippen LogP contribution in [0.25, 0.3) is 0 Å². The molecule has 0 saturated heterocycles. The molecule has 5 nitrogen and oxygen atoms in total. The molecule has 0 aliphatic carbocycles. The molecule has 0 fully saturated rings. The van der Waals surface area contributed by atoms with Crippen LogP contribution in [0.4, 0.5) is 0 Å². The van der Waals surface area contributed by atoms with Crippen molar-refractivity contribution in [3.05, 3.63) is 24.0 Å². The smallest absolute Gasteiger partial charge is 0.363 e. The largest absolute Gasteiger partial charge is 0.387 e. The van der Waals surface area contributed by atoms with E-state index in [1.807, 2.05) is 0 Å². The first-order valence-corrected chi connectivity index (χ1v) is 4.66. The number of hydrogen-bond acceptors (Lipinski definition) is 3. The molecular formula is C6H9NO4S. The van der Waals surface area contributed by atoms with E-state index in [1.165, 1.54) is 19.1 Å². The van der Waals surface area contributed by atoms with Gasteiger partial charge in [-0.05, 0) is 19.1 Å². The van der Waals surface area contributed by atoms with Gasteiger partial charge in [-0.1, -0.05) is 0 Å². The molecule has 0 bridgehead atoms. The third kappa shape index (κ3) is 1.66. The van der Waals surface area contributed by atoms with Gasteiger partial charge >= 0.3 is 10.3 Å². The SMILES string of the molecule is CC(O)c1cccn1S(=O)(=O)O. The minimum Gasteiger partial charge on any atom is -0.387 e. The molecule has 0 radical (unpaired) electrons. The highest BCUT2D eigenvalue weighted by Gasteiger charge is 2.14. The fourth-order valence-corrected chi connectivity index (χ4v) is 1.62. The lowest BCUT2D eigenvalue weighted by molar-refractivity contribution is 0.193. The van der Waals surface area contributed by atoms with Gasteiger partial charge in [-0.2, -0.15) is 8.42 Å². The Kier molecular flexibility index (Phi) is 2.22. The van der Waals surface area contributed by atoms with Crippen molar-refractivity contribution >= 4 is 10.3 Å². The Hall–Kier alpha value is -0.850. The summed E-state index contributed by atoms with van der Waals surface area (Å²) in [6.07, 6.45) is 0.235. The summed E-state index contributed by atoms with van der Waals surface area (Å²) >= 11 is 0. The van der Waals surface area contributed by atoms with E-state index in [1.54, 1.807) is 0 Å². The van der Waals surface area contributed by atoms with E-state index in [4.69, 9.17) is 9.66 Å². The molecule has 1 atom stereocenters. The van der Waals surface area contributed by atoms with Crippen molar-refractivity contribution in [3.63, 3.8) is 0 Å². The second-order valence-corrected chi connectivity index (χ2v) is 3.67. The average molecular weight is 191 g/mol. The average Bonchev–Trinajstić information content (AvgIpc) is 2.30. The zero-order valence-corrected chi connectivity index (χ0v) is 7.19. The van der Waals surface area contributed by atoms with Crippen LogP contribution in [-0.2, 0) is 10.3 Å². The quantitative estimate of drug-likeness (QED) is 0.654. The fourth-order valence-electron chi connectivity index (χ4n) is 0.913. The van der Waals surface area contributed by atoms with E-state index < -0.39 is 16.4 Å². The lowest BCUT2D eigenvalue weighted by atomic mass is 10.3. The number of nitrogens with zero attached hydrogens (tertiary/aromatic N) is 1. The lowest BCUT2D eigenvalue weighted by Crippen LogP contribution is -2.14. The molecule has 1 aromatic rings. The highest BCUT2D eigenvalue weighted by molar-refractivity contribution is 7.84. The van der Waals surface area contributed by atoms with Crippen LogP contribution in [-0.4, -0.2) is 22.0 Å². The maximum Gasteiger partial charge on any atom is 0.363 e. The minimum absolute atomic E-state index is 0.137. The van der Waals surface area contributed by atoms with Crippen LogP contribution in [0.2, 0.25) is 0 Å². The van der Waals surface area contributed by atoms with Crippen molar-refractivity contribution in [2.45, 2.75) is 13.0 Å².